The van der Waals surface area contributed by atoms with Crippen LogP contribution < -0.4 is 9.05 Å². The van der Waals surface area contributed by atoms with Gasteiger partial charge < -0.3 is 9.05 Å². The van der Waals surface area contributed by atoms with Crippen LogP contribution in [0, 0.1) is 0 Å². The lowest BCUT2D eigenvalue weighted by atomic mass is 9.78. The molecule has 0 amide bonds. The molecule has 30 heavy (non-hydrogen) atoms. The third-order valence-corrected chi connectivity index (χ3v) is 7.23. The van der Waals surface area contributed by atoms with Crippen molar-refractivity contribution in [3.63, 3.8) is 0 Å². The molecule has 0 N–H and O–H groups in total. The number of fused-ring (bicyclic) bond motifs is 2. The standard InChI is InChI=1S/C26H37O2PS/c1-10-17-12-19-16(3)20-13-18(11-2)15-22(26(7,8)9)24(20)28-29(30)27-23(19)21(14-17)25(4,5)6/h12-16,30H,10-11H2,1-9H3. The smallest absolute Gasteiger partial charge is 0.357 e. The zero-order chi connectivity index (χ0) is 22.4. The van der Waals surface area contributed by atoms with E-state index in [-0.39, 0.29) is 16.7 Å². The largest absolute Gasteiger partial charge is 0.430 e. The summed E-state index contributed by atoms with van der Waals surface area (Å²) in [5.74, 6) is 2.09. The number of hydrogen-bond donors (Lipinski definition) is 1. The highest BCUT2D eigenvalue weighted by atomic mass is 32.7. The first-order valence-electron chi connectivity index (χ1n) is 11.1. The Hall–Kier alpha value is -1.18. The SMILES string of the molecule is CCc1cc2c(c(C(C)(C)C)c1)OP(S)Oc1c(cc(CC)cc1C(C)(C)C)C2C. The van der Waals surface area contributed by atoms with Crippen LogP contribution in [0.5, 0.6) is 11.5 Å². The molecule has 0 spiro atoms. The Bertz CT molecular complexity index is 862. The minimum atomic E-state index is -1.39. The van der Waals surface area contributed by atoms with Crippen LogP contribution in [0.4, 0.5) is 0 Å². The van der Waals surface area contributed by atoms with E-state index in [1.165, 1.54) is 33.4 Å². The van der Waals surface area contributed by atoms with Crippen molar-refractivity contribution in [2.24, 2.45) is 0 Å². The molecule has 3 rings (SSSR count). The normalized spacial score (nSPS) is 19.1. The third-order valence-electron chi connectivity index (χ3n) is 6.06. The fraction of sp³-hybridized carbons (Fsp3) is 0.538. The Morgan fingerprint density at radius 3 is 1.43 bits per heavy atom. The molecule has 0 bridgehead atoms. The van der Waals surface area contributed by atoms with Crippen molar-refractivity contribution in [2.75, 3.05) is 0 Å². The van der Waals surface area contributed by atoms with Gasteiger partial charge in [0.05, 0.1) is 0 Å². The zero-order valence-electron chi connectivity index (χ0n) is 20.0. The topological polar surface area (TPSA) is 18.5 Å². The van der Waals surface area contributed by atoms with Crippen LogP contribution in [-0.2, 0) is 23.7 Å². The summed E-state index contributed by atoms with van der Waals surface area (Å²) in [7, 11) is -1.39. The van der Waals surface area contributed by atoms with E-state index in [4.69, 9.17) is 21.3 Å². The number of rotatable bonds is 2. The number of thiol groups is 1. The van der Waals surface area contributed by atoms with Gasteiger partial charge in [-0.05, 0) is 34.8 Å². The second kappa shape index (κ2) is 8.40. The van der Waals surface area contributed by atoms with Crippen LogP contribution in [0.1, 0.15) is 102 Å². The first-order valence-corrected chi connectivity index (χ1v) is 13.4. The van der Waals surface area contributed by atoms with Gasteiger partial charge in [0.2, 0.25) is 0 Å². The fourth-order valence-corrected chi connectivity index (χ4v) is 5.39. The Labute approximate surface area is 189 Å². The van der Waals surface area contributed by atoms with E-state index >= 15 is 0 Å². The maximum atomic E-state index is 6.45. The lowest BCUT2D eigenvalue weighted by Crippen LogP contribution is -2.19. The van der Waals surface area contributed by atoms with Crippen LogP contribution >= 0.6 is 19.8 Å². The molecule has 0 aromatic heterocycles. The fourth-order valence-electron chi connectivity index (χ4n) is 4.14. The summed E-state index contributed by atoms with van der Waals surface area (Å²) in [5, 5.41) is 0. The molecule has 0 saturated carbocycles. The maximum Gasteiger partial charge on any atom is 0.357 e. The van der Waals surface area contributed by atoms with Crippen molar-refractivity contribution >= 4 is 19.8 Å². The highest BCUT2D eigenvalue weighted by Gasteiger charge is 2.33. The van der Waals surface area contributed by atoms with Crippen LogP contribution in [0.15, 0.2) is 24.3 Å². The summed E-state index contributed by atoms with van der Waals surface area (Å²) in [6.07, 6.45) is 2.01. The number of aryl methyl sites for hydroxylation is 2. The second-order valence-corrected chi connectivity index (χ2v) is 12.3. The molecule has 1 aliphatic rings. The van der Waals surface area contributed by atoms with Crippen LogP contribution in [0.2, 0.25) is 0 Å². The van der Waals surface area contributed by atoms with Gasteiger partial charge in [-0.25, -0.2) is 0 Å². The molecule has 0 fully saturated rings. The van der Waals surface area contributed by atoms with Gasteiger partial charge in [0.15, 0.2) is 0 Å². The molecule has 0 atom stereocenters. The second-order valence-electron chi connectivity index (χ2n) is 10.5. The minimum absolute atomic E-state index is 0.0250. The summed E-state index contributed by atoms with van der Waals surface area (Å²) < 4.78 is 12.9. The van der Waals surface area contributed by atoms with Gasteiger partial charge in [-0.3, -0.25) is 0 Å². The van der Waals surface area contributed by atoms with Crippen molar-refractivity contribution in [3.8, 4) is 11.5 Å². The van der Waals surface area contributed by atoms with E-state index < -0.39 is 7.58 Å². The summed E-state index contributed by atoms with van der Waals surface area (Å²) >= 11 is 4.76. The lowest BCUT2D eigenvalue weighted by Gasteiger charge is -2.34. The Kier molecular flexibility index (Phi) is 6.57. The summed E-state index contributed by atoms with van der Waals surface area (Å²) in [4.78, 5) is 0. The highest BCUT2D eigenvalue weighted by molar-refractivity contribution is 8.42. The van der Waals surface area contributed by atoms with Crippen molar-refractivity contribution in [1.29, 1.82) is 0 Å². The van der Waals surface area contributed by atoms with E-state index in [0.29, 0.717) is 0 Å². The van der Waals surface area contributed by atoms with E-state index in [1.807, 2.05) is 0 Å². The molecular formula is C26H37O2PS. The van der Waals surface area contributed by atoms with Gasteiger partial charge in [-0.1, -0.05) is 98.8 Å². The monoisotopic (exact) mass is 444 g/mol. The summed E-state index contributed by atoms with van der Waals surface area (Å²) in [6.45, 7) is 20.2. The van der Waals surface area contributed by atoms with Crippen LogP contribution in [-0.4, -0.2) is 0 Å². The first-order chi connectivity index (χ1) is 13.9. The Balaban J connectivity index is 2.36. The van der Waals surface area contributed by atoms with E-state index in [0.717, 1.165) is 24.3 Å². The predicted molar refractivity (Wildman–Crippen MR) is 134 cm³/mol. The lowest BCUT2D eigenvalue weighted by molar-refractivity contribution is 0.457. The molecule has 164 valence electrons. The van der Waals surface area contributed by atoms with Gasteiger partial charge >= 0.3 is 7.58 Å². The van der Waals surface area contributed by atoms with Crippen molar-refractivity contribution in [3.05, 3.63) is 57.6 Å². The average molecular weight is 445 g/mol. The van der Waals surface area contributed by atoms with Gasteiger partial charge in [0.1, 0.15) is 11.5 Å². The molecule has 4 heteroatoms. The highest BCUT2D eigenvalue weighted by Crippen LogP contribution is 2.56. The van der Waals surface area contributed by atoms with Crippen molar-refractivity contribution in [1.82, 2.24) is 0 Å². The molecule has 0 unspecified atom stereocenters. The molecule has 0 aliphatic carbocycles. The molecule has 1 aliphatic heterocycles. The maximum absolute atomic E-state index is 6.45. The molecular weight excluding hydrogens is 407 g/mol. The molecule has 2 aromatic rings. The number of hydrogen-bond acceptors (Lipinski definition) is 3. The molecule has 2 nitrogen and oxygen atoms in total. The van der Waals surface area contributed by atoms with Gasteiger partial charge in [0, 0.05) is 28.2 Å². The van der Waals surface area contributed by atoms with Crippen molar-refractivity contribution < 1.29 is 9.05 Å². The predicted octanol–water partition coefficient (Wildman–Crippen LogP) is 8.49. The van der Waals surface area contributed by atoms with Gasteiger partial charge in [0.25, 0.3) is 0 Å². The van der Waals surface area contributed by atoms with Gasteiger partial charge in [-0.2, -0.15) is 0 Å². The molecule has 0 radical (unpaired) electrons. The first kappa shape index (κ1) is 23.5. The Morgan fingerprint density at radius 2 is 1.13 bits per heavy atom. The average Bonchev–Trinajstić information content (AvgIpc) is 2.64. The van der Waals surface area contributed by atoms with Gasteiger partial charge in [-0.15, -0.1) is 0 Å². The third kappa shape index (κ3) is 4.53. The van der Waals surface area contributed by atoms with Crippen LogP contribution in [0.25, 0.3) is 0 Å². The number of benzene rings is 2. The summed E-state index contributed by atoms with van der Waals surface area (Å²) in [6, 6.07) is 9.26. The van der Waals surface area contributed by atoms with Crippen LogP contribution in [0.3, 0.4) is 0 Å². The Morgan fingerprint density at radius 1 is 0.767 bits per heavy atom. The quantitative estimate of drug-likeness (QED) is 0.370. The molecule has 1 heterocycles. The molecule has 2 aromatic carbocycles. The van der Waals surface area contributed by atoms with E-state index in [2.05, 4.69) is 86.6 Å². The minimum Gasteiger partial charge on any atom is -0.430 e. The molecule has 0 saturated heterocycles. The summed E-state index contributed by atoms with van der Waals surface area (Å²) in [5.41, 5.74) is 7.62. The zero-order valence-corrected chi connectivity index (χ0v) is 21.8. The van der Waals surface area contributed by atoms with E-state index in [9.17, 15) is 0 Å². The van der Waals surface area contributed by atoms with Crippen molar-refractivity contribution in [2.45, 2.75) is 91.9 Å². The van der Waals surface area contributed by atoms with E-state index in [1.54, 1.807) is 0 Å².